The first-order chi connectivity index (χ1) is 12.0. The number of likely N-dealkylation sites (N-methyl/N-ethyl adjacent to an activating group) is 1. The number of nitrogens with one attached hydrogen (secondary N) is 1. The van der Waals surface area contributed by atoms with Gasteiger partial charge >= 0.3 is 6.03 Å². The van der Waals surface area contributed by atoms with Crippen molar-refractivity contribution >= 4 is 11.7 Å². The molecule has 7 nitrogen and oxygen atoms in total. The van der Waals surface area contributed by atoms with Crippen LogP contribution in [0.1, 0.15) is 43.6 Å². The molecular weight excluding hydrogens is 318 g/mol. The van der Waals surface area contributed by atoms with Gasteiger partial charge in [0.05, 0.1) is 6.04 Å². The zero-order valence-electron chi connectivity index (χ0n) is 15.2. The van der Waals surface area contributed by atoms with Crippen molar-refractivity contribution in [1.29, 1.82) is 0 Å². The summed E-state index contributed by atoms with van der Waals surface area (Å²) in [6.07, 6.45) is 0.698. The topological polar surface area (TPSA) is 74.5 Å². The predicted octanol–water partition coefficient (Wildman–Crippen LogP) is 2.88. The monoisotopic (exact) mass is 343 g/mol. The van der Waals surface area contributed by atoms with Gasteiger partial charge in [0.1, 0.15) is 0 Å². The molecule has 1 aromatic heterocycles. The molecule has 0 spiro atoms. The normalized spacial score (nSPS) is 18.5. The minimum Gasteiger partial charge on any atom is -0.372 e. The highest BCUT2D eigenvalue weighted by molar-refractivity contribution is 5.76. The Bertz CT molecular complexity index is 745. The van der Waals surface area contributed by atoms with Gasteiger partial charge in [-0.2, -0.15) is 4.98 Å². The number of hydrogen-bond acceptors (Lipinski definition) is 5. The summed E-state index contributed by atoms with van der Waals surface area (Å²) in [5.41, 5.74) is 2.32. The maximum absolute atomic E-state index is 12.9. The molecule has 0 fully saturated rings. The Labute approximate surface area is 148 Å². The lowest BCUT2D eigenvalue weighted by Gasteiger charge is -2.30. The maximum Gasteiger partial charge on any atom is 0.318 e. The van der Waals surface area contributed by atoms with Crippen molar-refractivity contribution in [3.63, 3.8) is 0 Å². The predicted molar refractivity (Wildman–Crippen MR) is 95.3 cm³/mol. The number of carbonyl (C=O) groups excluding carboxylic acids is 1. The fourth-order valence-corrected chi connectivity index (χ4v) is 3.26. The molecule has 1 aliphatic rings. The van der Waals surface area contributed by atoms with E-state index in [4.69, 9.17) is 4.52 Å². The first kappa shape index (κ1) is 17.3. The average molecular weight is 343 g/mol. The first-order valence-electron chi connectivity index (χ1n) is 8.66. The largest absolute Gasteiger partial charge is 0.372 e. The van der Waals surface area contributed by atoms with Crippen molar-refractivity contribution in [3.8, 4) is 0 Å². The van der Waals surface area contributed by atoms with Gasteiger partial charge in [-0.3, -0.25) is 0 Å². The van der Waals surface area contributed by atoms with Gasteiger partial charge in [0, 0.05) is 38.8 Å². The number of aromatic nitrogens is 2. The minimum atomic E-state index is -0.256. The van der Waals surface area contributed by atoms with Crippen LogP contribution in [0.3, 0.4) is 0 Å². The van der Waals surface area contributed by atoms with E-state index >= 15 is 0 Å². The summed E-state index contributed by atoms with van der Waals surface area (Å²) >= 11 is 0. The molecule has 1 aromatic carbocycles. The number of urea groups is 1. The fourth-order valence-electron chi connectivity index (χ4n) is 3.26. The van der Waals surface area contributed by atoms with Crippen LogP contribution in [0, 0.1) is 6.92 Å². The second-order valence-corrected chi connectivity index (χ2v) is 6.57. The Balaban J connectivity index is 1.79. The van der Waals surface area contributed by atoms with E-state index in [9.17, 15) is 4.79 Å². The first-order valence-corrected chi connectivity index (χ1v) is 8.66. The lowest BCUT2D eigenvalue weighted by atomic mass is 10.1. The van der Waals surface area contributed by atoms with Crippen molar-refractivity contribution < 1.29 is 9.32 Å². The van der Waals surface area contributed by atoms with Crippen LogP contribution in [0.5, 0.6) is 0 Å². The van der Waals surface area contributed by atoms with Crippen LogP contribution >= 0.6 is 0 Å². The second kappa shape index (κ2) is 7.13. The molecule has 0 bridgehead atoms. The molecule has 1 N–H and O–H groups in total. The summed E-state index contributed by atoms with van der Waals surface area (Å²) in [5, 5.41) is 7.00. The Hall–Kier alpha value is -2.57. The Morgan fingerprint density at radius 1 is 1.44 bits per heavy atom. The fraction of sp³-hybridized carbons (Fsp3) is 0.500. The highest BCUT2D eigenvalue weighted by Crippen LogP contribution is 2.26. The van der Waals surface area contributed by atoms with Crippen LogP contribution in [0.2, 0.25) is 0 Å². The van der Waals surface area contributed by atoms with Crippen LogP contribution in [0.15, 0.2) is 28.8 Å². The zero-order valence-corrected chi connectivity index (χ0v) is 15.2. The summed E-state index contributed by atoms with van der Waals surface area (Å²) in [5.74, 6) is 1.02. The van der Waals surface area contributed by atoms with Crippen LogP contribution in [-0.4, -0.2) is 40.7 Å². The standard InChI is InChI=1S/C18H25N5O2/c1-5-15(17-19-13(3)25-21-17)20-18(24)23-11-14-8-6-7-9-16(14)22(4)10-12(23)2/h6-9,12,15H,5,10-11H2,1-4H3,(H,20,24)/t12-,15-/m1/s1. The third-order valence-electron chi connectivity index (χ3n) is 4.64. The summed E-state index contributed by atoms with van der Waals surface area (Å²) in [6.45, 7) is 7.17. The molecule has 3 rings (SSSR count). The lowest BCUT2D eigenvalue weighted by Crippen LogP contribution is -2.47. The van der Waals surface area contributed by atoms with Gasteiger partial charge in [-0.15, -0.1) is 0 Å². The summed E-state index contributed by atoms with van der Waals surface area (Å²) < 4.78 is 5.04. The van der Waals surface area contributed by atoms with Gasteiger partial charge in [-0.05, 0) is 25.0 Å². The molecule has 0 aliphatic carbocycles. The average Bonchev–Trinajstić information content (AvgIpc) is 2.98. The molecule has 0 radical (unpaired) electrons. The van der Waals surface area contributed by atoms with E-state index in [0.29, 0.717) is 24.7 Å². The Morgan fingerprint density at radius 2 is 2.20 bits per heavy atom. The van der Waals surface area contributed by atoms with E-state index in [0.717, 1.165) is 12.1 Å². The molecule has 0 saturated heterocycles. The molecule has 1 aliphatic heterocycles. The summed E-state index contributed by atoms with van der Waals surface area (Å²) in [6, 6.07) is 7.93. The van der Waals surface area contributed by atoms with Gasteiger partial charge in [-0.1, -0.05) is 30.3 Å². The van der Waals surface area contributed by atoms with Gasteiger partial charge in [-0.25, -0.2) is 4.79 Å². The number of amides is 2. The molecule has 25 heavy (non-hydrogen) atoms. The SMILES string of the molecule is CC[C@@H](NC(=O)N1Cc2ccccc2N(C)C[C@H]1C)c1noc(C)n1. The van der Waals surface area contributed by atoms with Gasteiger partial charge in [0.2, 0.25) is 5.89 Å². The maximum atomic E-state index is 12.9. The van der Waals surface area contributed by atoms with Gasteiger partial charge in [0.25, 0.3) is 0 Å². The zero-order chi connectivity index (χ0) is 18.0. The van der Waals surface area contributed by atoms with Crippen molar-refractivity contribution in [3.05, 3.63) is 41.5 Å². The van der Waals surface area contributed by atoms with Crippen molar-refractivity contribution in [2.75, 3.05) is 18.5 Å². The molecule has 2 aromatic rings. The van der Waals surface area contributed by atoms with Crippen molar-refractivity contribution in [2.24, 2.45) is 0 Å². The van der Waals surface area contributed by atoms with Gasteiger partial charge < -0.3 is 19.6 Å². The van der Waals surface area contributed by atoms with Crippen LogP contribution in [0.25, 0.3) is 0 Å². The van der Waals surface area contributed by atoms with E-state index in [1.54, 1.807) is 6.92 Å². The van der Waals surface area contributed by atoms with Crippen LogP contribution in [0.4, 0.5) is 10.5 Å². The molecule has 0 unspecified atom stereocenters. The highest BCUT2D eigenvalue weighted by atomic mass is 16.5. The Morgan fingerprint density at radius 3 is 2.88 bits per heavy atom. The van der Waals surface area contributed by atoms with E-state index in [1.165, 1.54) is 5.69 Å². The van der Waals surface area contributed by atoms with Gasteiger partial charge in [0.15, 0.2) is 5.82 Å². The van der Waals surface area contributed by atoms with E-state index in [2.05, 4.69) is 46.5 Å². The van der Waals surface area contributed by atoms with E-state index in [1.807, 2.05) is 24.0 Å². The smallest absolute Gasteiger partial charge is 0.318 e. The number of rotatable bonds is 3. The van der Waals surface area contributed by atoms with E-state index < -0.39 is 0 Å². The molecule has 7 heteroatoms. The number of nitrogens with zero attached hydrogens (tertiary/aromatic N) is 4. The number of hydrogen-bond donors (Lipinski definition) is 1. The van der Waals surface area contributed by atoms with Crippen molar-refractivity contribution in [2.45, 2.75) is 45.8 Å². The van der Waals surface area contributed by atoms with Crippen molar-refractivity contribution in [1.82, 2.24) is 20.4 Å². The van der Waals surface area contributed by atoms with E-state index in [-0.39, 0.29) is 18.1 Å². The number of para-hydroxylation sites is 1. The molecular formula is C18H25N5O2. The summed E-state index contributed by atoms with van der Waals surface area (Å²) in [7, 11) is 2.06. The molecule has 134 valence electrons. The highest BCUT2D eigenvalue weighted by Gasteiger charge is 2.29. The molecule has 2 heterocycles. The van der Waals surface area contributed by atoms with Crippen LogP contribution in [-0.2, 0) is 6.54 Å². The summed E-state index contributed by atoms with van der Waals surface area (Å²) in [4.78, 5) is 21.3. The number of aryl methyl sites for hydroxylation is 1. The molecule has 2 amide bonds. The number of fused-ring (bicyclic) bond motifs is 1. The van der Waals surface area contributed by atoms with Crippen LogP contribution < -0.4 is 10.2 Å². The Kier molecular flexibility index (Phi) is 4.92. The number of anilines is 1. The molecule has 2 atom stereocenters. The number of carbonyl (C=O) groups is 1. The number of benzene rings is 1. The minimum absolute atomic E-state index is 0.0851. The lowest BCUT2D eigenvalue weighted by molar-refractivity contribution is 0.173. The second-order valence-electron chi connectivity index (χ2n) is 6.57. The third-order valence-corrected chi connectivity index (χ3v) is 4.64. The molecule has 0 saturated carbocycles. The third kappa shape index (κ3) is 3.60. The quantitative estimate of drug-likeness (QED) is 0.927.